The average Bonchev–Trinajstić information content (AvgIpc) is 2.64. The number of benzene rings is 1. The lowest BCUT2D eigenvalue weighted by molar-refractivity contribution is 0.0950. The number of amides is 1. The van der Waals surface area contributed by atoms with Gasteiger partial charge in [0.25, 0.3) is 5.91 Å². The highest BCUT2D eigenvalue weighted by Crippen LogP contribution is 2.24. The number of halogens is 3. The van der Waals surface area contributed by atoms with Crippen molar-refractivity contribution >= 4 is 39.3 Å². The fourth-order valence-corrected chi connectivity index (χ4v) is 3.23. The minimum absolute atomic E-state index is 0.102. The summed E-state index contributed by atoms with van der Waals surface area (Å²) in [6, 6.07) is 6.24. The molecular weight excluding hydrogens is 413 g/mol. The molecule has 0 saturated carbocycles. The minimum Gasteiger partial charge on any atom is -0.378 e. The molecule has 25 heavy (non-hydrogen) atoms. The summed E-state index contributed by atoms with van der Waals surface area (Å²) in [5, 5.41) is 2.95. The third-order valence-corrected chi connectivity index (χ3v) is 4.77. The minimum atomic E-state index is -0.534. The van der Waals surface area contributed by atoms with Gasteiger partial charge in [-0.15, -0.1) is 0 Å². The number of ether oxygens (including phenoxy) is 1. The van der Waals surface area contributed by atoms with Gasteiger partial charge in [0.1, 0.15) is 11.6 Å². The second kappa shape index (κ2) is 8.12. The van der Waals surface area contributed by atoms with Gasteiger partial charge in [0.2, 0.25) is 0 Å². The molecule has 0 unspecified atom stereocenters. The van der Waals surface area contributed by atoms with E-state index >= 15 is 0 Å². The first-order valence-corrected chi connectivity index (χ1v) is 8.92. The summed E-state index contributed by atoms with van der Waals surface area (Å²) in [5.41, 5.74) is 1.00. The standard InChI is InChI=1S/C17H16BrClFN3O2/c18-13-9-14(19)12(8-15(13)20)17(24)22-10-11-1-2-21-16(7-11)23-3-5-25-6-4-23/h1-2,7-9H,3-6,10H2,(H,22,24). The number of nitrogens with zero attached hydrogens (tertiary/aromatic N) is 2. The van der Waals surface area contributed by atoms with Crippen LogP contribution in [-0.4, -0.2) is 37.2 Å². The first-order chi connectivity index (χ1) is 12.0. The molecule has 1 fully saturated rings. The van der Waals surface area contributed by atoms with Crippen LogP contribution in [0.25, 0.3) is 0 Å². The number of rotatable bonds is 4. The summed E-state index contributed by atoms with van der Waals surface area (Å²) in [7, 11) is 0. The van der Waals surface area contributed by atoms with Crippen LogP contribution in [0.5, 0.6) is 0 Å². The van der Waals surface area contributed by atoms with E-state index in [2.05, 4.69) is 31.1 Å². The Balaban J connectivity index is 1.67. The number of carbonyl (C=O) groups is 1. The molecule has 3 rings (SSSR count). The number of nitrogens with one attached hydrogen (secondary N) is 1. The van der Waals surface area contributed by atoms with Crippen molar-refractivity contribution in [3.63, 3.8) is 0 Å². The summed E-state index contributed by atoms with van der Waals surface area (Å²) in [4.78, 5) is 18.8. The largest absolute Gasteiger partial charge is 0.378 e. The molecule has 1 amide bonds. The normalized spacial score (nSPS) is 14.4. The topological polar surface area (TPSA) is 54.5 Å². The molecule has 1 aliphatic rings. The molecule has 1 N–H and O–H groups in total. The Morgan fingerprint density at radius 2 is 2.12 bits per heavy atom. The number of aromatic nitrogens is 1. The highest BCUT2D eigenvalue weighted by Gasteiger charge is 2.15. The van der Waals surface area contributed by atoms with Crippen LogP contribution in [0.2, 0.25) is 5.02 Å². The maximum atomic E-state index is 13.6. The summed E-state index contributed by atoms with van der Waals surface area (Å²) >= 11 is 9.06. The lowest BCUT2D eigenvalue weighted by Gasteiger charge is -2.28. The summed E-state index contributed by atoms with van der Waals surface area (Å²) in [6.45, 7) is 3.23. The van der Waals surface area contributed by atoms with Crippen LogP contribution in [0.15, 0.2) is 34.9 Å². The van der Waals surface area contributed by atoms with Crippen LogP contribution in [-0.2, 0) is 11.3 Å². The summed E-state index contributed by atoms with van der Waals surface area (Å²) in [5.74, 6) is -0.114. The summed E-state index contributed by atoms with van der Waals surface area (Å²) in [6.07, 6.45) is 1.71. The predicted octanol–water partition coefficient (Wildman–Crippen LogP) is 3.40. The van der Waals surface area contributed by atoms with E-state index in [9.17, 15) is 9.18 Å². The van der Waals surface area contributed by atoms with Gasteiger partial charge < -0.3 is 15.0 Å². The van der Waals surface area contributed by atoms with Crippen LogP contribution in [0.4, 0.5) is 10.2 Å². The molecule has 1 aromatic carbocycles. The van der Waals surface area contributed by atoms with Gasteiger partial charge in [-0.05, 0) is 45.8 Å². The highest BCUT2D eigenvalue weighted by molar-refractivity contribution is 9.10. The van der Waals surface area contributed by atoms with Crippen molar-refractivity contribution in [2.75, 3.05) is 31.2 Å². The number of hydrogen-bond donors (Lipinski definition) is 1. The third kappa shape index (κ3) is 4.48. The zero-order valence-electron chi connectivity index (χ0n) is 13.3. The van der Waals surface area contributed by atoms with E-state index < -0.39 is 11.7 Å². The van der Waals surface area contributed by atoms with Crippen LogP contribution >= 0.6 is 27.5 Å². The second-order valence-corrected chi connectivity index (χ2v) is 6.81. The zero-order chi connectivity index (χ0) is 17.8. The quantitative estimate of drug-likeness (QED) is 0.759. The molecule has 1 aliphatic heterocycles. The second-order valence-electron chi connectivity index (χ2n) is 5.55. The van der Waals surface area contributed by atoms with Crippen molar-refractivity contribution in [2.45, 2.75) is 6.54 Å². The third-order valence-electron chi connectivity index (χ3n) is 3.85. The fraction of sp³-hybridized carbons (Fsp3) is 0.294. The monoisotopic (exact) mass is 427 g/mol. The molecule has 0 bridgehead atoms. The van der Waals surface area contributed by atoms with E-state index in [4.69, 9.17) is 16.3 Å². The molecule has 0 aliphatic carbocycles. The van der Waals surface area contributed by atoms with Crippen molar-refractivity contribution in [3.05, 3.63) is 56.9 Å². The molecule has 5 nitrogen and oxygen atoms in total. The van der Waals surface area contributed by atoms with Gasteiger partial charge in [-0.25, -0.2) is 9.37 Å². The van der Waals surface area contributed by atoms with Gasteiger partial charge in [-0.1, -0.05) is 11.6 Å². The van der Waals surface area contributed by atoms with E-state index in [-0.39, 0.29) is 15.1 Å². The van der Waals surface area contributed by atoms with Gasteiger partial charge in [0, 0.05) is 25.8 Å². The van der Waals surface area contributed by atoms with Crippen molar-refractivity contribution < 1.29 is 13.9 Å². The molecule has 2 heterocycles. The highest BCUT2D eigenvalue weighted by atomic mass is 79.9. The van der Waals surface area contributed by atoms with Crippen LogP contribution in [0, 0.1) is 5.82 Å². The van der Waals surface area contributed by atoms with E-state index in [0.29, 0.717) is 19.8 Å². The maximum absolute atomic E-state index is 13.6. The van der Waals surface area contributed by atoms with Gasteiger partial charge in [0.15, 0.2) is 0 Å². The van der Waals surface area contributed by atoms with Gasteiger partial charge >= 0.3 is 0 Å². The number of pyridine rings is 1. The summed E-state index contributed by atoms with van der Waals surface area (Å²) < 4.78 is 19.2. The molecule has 2 aromatic rings. The van der Waals surface area contributed by atoms with Crippen molar-refractivity contribution in [2.24, 2.45) is 0 Å². The predicted molar refractivity (Wildman–Crippen MR) is 97.5 cm³/mol. The maximum Gasteiger partial charge on any atom is 0.253 e. The number of carbonyl (C=O) groups excluding carboxylic acids is 1. The Morgan fingerprint density at radius 1 is 1.36 bits per heavy atom. The number of morpholine rings is 1. The van der Waals surface area contributed by atoms with Crippen LogP contribution < -0.4 is 10.2 Å². The van der Waals surface area contributed by atoms with Crippen molar-refractivity contribution in [3.8, 4) is 0 Å². The molecule has 8 heteroatoms. The molecule has 1 aromatic heterocycles. The van der Waals surface area contributed by atoms with Crippen LogP contribution in [0.1, 0.15) is 15.9 Å². The molecule has 0 radical (unpaired) electrons. The lowest BCUT2D eigenvalue weighted by Crippen LogP contribution is -2.36. The molecule has 0 atom stereocenters. The zero-order valence-corrected chi connectivity index (χ0v) is 15.6. The van der Waals surface area contributed by atoms with E-state index in [1.807, 2.05) is 12.1 Å². The first kappa shape index (κ1) is 18.1. The first-order valence-electron chi connectivity index (χ1n) is 7.75. The van der Waals surface area contributed by atoms with E-state index in [1.54, 1.807) is 6.20 Å². The molecule has 0 spiro atoms. The van der Waals surface area contributed by atoms with E-state index in [1.165, 1.54) is 6.07 Å². The molecule has 132 valence electrons. The smallest absolute Gasteiger partial charge is 0.253 e. The Labute approximate surface area is 158 Å². The van der Waals surface area contributed by atoms with Crippen molar-refractivity contribution in [1.82, 2.24) is 10.3 Å². The molecule has 1 saturated heterocycles. The number of anilines is 1. The lowest BCUT2D eigenvalue weighted by atomic mass is 10.2. The average molecular weight is 429 g/mol. The Bertz CT molecular complexity index is 784. The Hall–Kier alpha value is -1.70. The van der Waals surface area contributed by atoms with Crippen LogP contribution in [0.3, 0.4) is 0 Å². The number of hydrogen-bond acceptors (Lipinski definition) is 4. The van der Waals surface area contributed by atoms with Gasteiger partial charge in [0.05, 0.1) is 28.3 Å². The Morgan fingerprint density at radius 3 is 2.88 bits per heavy atom. The fourth-order valence-electron chi connectivity index (χ4n) is 2.51. The molecular formula is C17H16BrClFN3O2. The van der Waals surface area contributed by atoms with E-state index in [0.717, 1.165) is 30.5 Å². The van der Waals surface area contributed by atoms with Gasteiger partial charge in [-0.2, -0.15) is 0 Å². The van der Waals surface area contributed by atoms with Crippen molar-refractivity contribution in [1.29, 1.82) is 0 Å². The Kier molecular flexibility index (Phi) is 5.88. The van der Waals surface area contributed by atoms with Gasteiger partial charge in [-0.3, -0.25) is 4.79 Å². The SMILES string of the molecule is O=C(NCc1ccnc(N2CCOCC2)c1)c1cc(F)c(Br)cc1Cl.